The fourth-order valence-electron chi connectivity index (χ4n) is 2.60. The second-order valence-corrected chi connectivity index (χ2v) is 7.96. The molecule has 1 fully saturated rings. The summed E-state index contributed by atoms with van der Waals surface area (Å²) in [5.41, 5.74) is 3.01. The lowest BCUT2D eigenvalue weighted by atomic mass is 9.94. The number of aryl methyl sites for hydroxylation is 1. The Morgan fingerprint density at radius 1 is 1.54 bits per heavy atom. The van der Waals surface area contributed by atoms with Crippen LogP contribution >= 0.6 is 11.3 Å². The second-order valence-electron chi connectivity index (χ2n) is 7.08. The zero-order valence-corrected chi connectivity index (χ0v) is 15.6. The van der Waals surface area contributed by atoms with Gasteiger partial charge in [0.05, 0.1) is 23.4 Å². The third-order valence-electron chi connectivity index (χ3n) is 3.86. The van der Waals surface area contributed by atoms with Crippen molar-refractivity contribution in [3.05, 3.63) is 34.3 Å². The number of rotatable bonds is 3. The minimum Gasteiger partial charge on any atom is -0.444 e. The molecule has 0 saturated carbocycles. The maximum absolute atomic E-state index is 12.5. The number of carbonyl (C=O) groups is 1. The molecule has 6 heteroatoms. The first-order valence-electron chi connectivity index (χ1n) is 8.12. The van der Waals surface area contributed by atoms with Crippen molar-refractivity contribution in [1.82, 2.24) is 9.88 Å². The molecule has 132 valence electrons. The van der Waals surface area contributed by atoms with Crippen LogP contribution in [-0.4, -0.2) is 45.4 Å². The molecular formula is C18H26N2O3S. The number of hydrogen-bond acceptors (Lipinski definition) is 5. The van der Waals surface area contributed by atoms with Crippen molar-refractivity contribution >= 4 is 23.5 Å². The van der Waals surface area contributed by atoms with Crippen molar-refractivity contribution < 1.29 is 14.6 Å². The first kappa shape index (κ1) is 18.7. The molecule has 24 heavy (non-hydrogen) atoms. The molecule has 1 amide bonds. The van der Waals surface area contributed by atoms with Crippen LogP contribution in [0, 0.1) is 6.92 Å². The van der Waals surface area contributed by atoms with Gasteiger partial charge in [0.2, 0.25) is 0 Å². The highest BCUT2D eigenvalue weighted by atomic mass is 32.1. The number of amides is 1. The predicted octanol–water partition coefficient (Wildman–Crippen LogP) is 3.78. The van der Waals surface area contributed by atoms with E-state index in [1.807, 2.05) is 39.8 Å². The Bertz CT molecular complexity index is 630. The molecular weight excluding hydrogens is 324 g/mol. The van der Waals surface area contributed by atoms with Gasteiger partial charge in [0, 0.05) is 11.4 Å². The molecule has 1 aromatic rings. The molecule has 1 N–H and O–H groups in total. The van der Waals surface area contributed by atoms with Gasteiger partial charge < -0.3 is 14.7 Å². The van der Waals surface area contributed by atoms with Gasteiger partial charge in [-0.2, -0.15) is 0 Å². The molecule has 0 radical (unpaired) electrons. The molecule has 2 atom stereocenters. The summed E-state index contributed by atoms with van der Waals surface area (Å²) in [5.74, 6) is 0. The molecule has 2 heterocycles. The van der Waals surface area contributed by atoms with Crippen molar-refractivity contribution in [2.75, 3.05) is 6.54 Å². The van der Waals surface area contributed by atoms with Gasteiger partial charge in [0.15, 0.2) is 0 Å². The van der Waals surface area contributed by atoms with Crippen molar-refractivity contribution in [3.8, 4) is 0 Å². The Hall–Kier alpha value is -1.66. The molecule has 1 aromatic heterocycles. The zero-order valence-electron chi connectivity index (χ0n) is 14.8. The van der Waals surface area contributed by atoms with Gasteiger partial charge in [-0.05, 0) is 52.2 Å². The van der Waals surface area contributed by atoms with E-state index in [2.05, 4.69) is 11.6 Å². The minimum absolute atomic E-state index is 0.256. The average Bonchev–Trinajstić information content (AvgIpc) is 2.88. The Balaban J connectivity index is 2.13. The SMILES string of the molecule is C=C(/C=C\c1scnc1C)[C@@H]1CC(O)CCN1C(=O)OC(C)(C)C. The minimum atomic E-state index is -0.547. The van der Waals surface area contributed by atoms with Gasteiger partial charge in [-0.25, -0.2) is 9.78 Å². The second kappa shape index (κ2) is 7.49. The quantitative estimate of drug-likeness (QED) is 0.843. The largest absolute Gasteiger partial charge is 0.444 e. The summed E-state index contributed by atoms with van der Waals surface area (Å²) < 4.78 is 5.49. The lowest BCUT2D eigenvalue weighted by Gasteiger charge is -2.39. The summed E-state index contributed by atoms with van der Waals surface area (Å²) in [6.07, 6.45) is 4.11. The lowest BCUT2D eigenvalue weighted by Crippen LogP contribution is -2.49. The lowest BCUT2D eigenvalue weighted by molar-refractivity contribution is -0.00134. The maximum Gasteiger partial charge on any atom is 0.410 e. The smallest absolute Gasteiger partial charge is 0.410 e. The van der Waals surface area contributed by atoms with Crippen LogP contribution in [0.3, 0.4) is 0 Å². The summed E-state index contributed by atoms with van der Waals surface area (Å²) in [6.45, 7) is 12.1. The van der Waals surface area contributed by atoms with Crippen molar-refractivity contribution in [2.24, 2.45) is 0 Å². The van der Waals surface area contributed by atoms with E-state index in [1.54, 1.807) is 21.7 Å². The number of aliphatic hydroxyl groups excluding tert-OH is 1. The first-order valence-corrected chi connectivity index (χ1v) is 9.00. The first-order chi connectivity index (χ1) is 11.2. The van der Waals surface area contributed by atoms with E-state index in [9.17, 15) is 9.90 Å². The Kier molecular flexibility index (Phi) is 5.83. The number of ether oxygens (including phenoxy) is 1. The van der Waals surface area contributed by atoms with E-state index in [-0.39, 0.29) is 12.1 Å². The summed E-state index contributed by atoms with van der Waals surface area (Å²) in [6, 6.07) is -0.256. The number of nitrogens with zero attached hydrogens (tertiary/aromatic N) is 2. The van der Waals surface area contributed by atoms with E-state index >= 15 is 0 Å². The highest BCUT2D eigenvalue weighted by Crippen LogP contribution is 2.26. The van der Waals surface area contributed by atoms with Crippen molar-refractivity contribution in [3.63, 3.8) is 0 Å². The Morgan fingerprint density at radius 3 is 2.83 bits per heavy atom. The normalized spacial score (nSPS) is 22.0. The van der Waals surface area contributed by atoms with Crippen molar-refractivity contribution in [1.29, 1.82) is 0 Å². The molecule has 0 aromatic carbocycles. The summed E-state index contributed by atoms with van der Waals surface area (Å²) in [7, 11) is 0. The summed E-state index contributed by atoms with van der Waals surface area (Å²) in [5, 5.41) is 10.0. The van der Waals surface area contributed by atoms with E-state index in [0.29, 0.717) is 19.4 Å². The molecule has 1 unspecified atom stereocenters. The van der Waals surface area contributed by atoms with E-state index in [0.717, 1.165) is 16.1 Å². The fourth-order valence-corrected chi connectivity index (χ4v) is 3.30. The fraction of sp³-hybridized carbons (Fsp3) is 0.556. The molecule has 1 aliphatic heterocycles. The number of carbonyl (C=O) groups excluding carboxylic acids is 1. The molecule has 1 aliphatic rings. The number of aromatic nitrogens is 1. The molecule has 0 aliphatic carbocycles. The van der Waals surface area contributed by atoms with Crippen LogP contribution in [0.25, 0.3) is 6.08 Å². The molecule has 0 spiro atoms. The number of likely N-dealkylation sites (tertiary alicyclic amines) is 1. The van der Waals surface area contributed by atoms with E-state index in [4.69, 9.17) is 4.74 Å². The maximum atomic E-state index is 12.5. The van der Waals surface area contributed by atoms with E-state index < -0.39 is 11.7 Å². The monoisotopic (exact) mass is 350 g/mol. The van der Waals surface area contributed by atoms with Crippen LogP contribution in [0.5, 0.6) is 0 Å². The summed E-state index contributed by atoms with van der Waals surface area (Å²) >= 11 is 1.56. The van der Waals surface area contributed by atoms with Gasteiger partial charge in [-0.3, -0.25) is 0 Å². The van der Waals surface area contributed by atoms with Crippen LogP contribution in [0.15, 0.2) is 23.7 Å². The van der Waals surface area contributed by atoms with Crippen LogP contribution in [0.4, 0.5) is 4.79 Å². The number of aliphatic hydroxyl groups is 1. The van der Waals surface area contributed by atoms with Gasteiger partial charge in [-0.15, -0.1) is 11.3 Å². The standard InChI is InChI=1S/C18H26N2O3S/c1-12(6-7-16-13(2)19-11-24-16)15-10-14(21)8-9-20(15)17(22)23-18(3,4)5/h6-7,11,14-15,21H,1,8-10H2,2-5H3/b7-6-/t14?,15-/m0/s1. The zero-order chi connectivity index (χ0) is 17.9. The topological polar surface area (TPSA) is 62.7 Å². The third-order valence-corrected chi connectivity index (χ3v) is 4.76. The third kappa shape index (κ3) is 4.92. The van der Waals surface area contributed by atoms with Crippen LogP contribution in [0.2, 0.25) is 0 Å². The van der Waals surface area contributed by atoms with Gasteiger partial charge >= 0.3 is 6.09 Å². The van der Waals surface area contributed by atoms with Crippen LogP contribution in [0.1, 0.15) is 44.2 Å². The molecule has 0 bridgehead atoms. The highest BCUT2D eigenvalue weighted by Gasteiger charge is 2.34. The molecule has 1 saturated heterocycles. The van der Waals surface area contributed by atoms with Crippen molar-refractivity contribution in [2.45, 2.75) is 58.3 Å². The van der Waals surface area contributed by atoms with Gasteiger partial charge in [0.25, 0.3) is 0 Å². The number of hydrogen-bond donors (Lipinski definition) is 1. The average molecular weight is 350 g/mol. The Morgan fingerprint density at radius 2 is 2.25 bits per heavy atom. The van der Waals surface area contributed by atoms with E-state index in [1.165, 1.54) is 0 Å². The summed E-state index contributed by atoms with van der Waals surface area (Å²) in [4.78, 5) is 19.4. The molecule has 2 rings (SSSR count). The number of piperidine rings is 1. The van der Waals surface area contributed by atoms with Gasteiger partial charge in [-0.1, -0.05) is 12.7 Å². The Labute approximate surface area is 147 Å². The highest BCUT2D eigenvalue weighted by molar-refractivity contribution is 7.10. The number of thiazole rings is 1. The predicted molar refractivity (Wildman–Crippen MR) is 97.0 cm³/mol. The van der Waals surface area contributed by atoms with Gasteiger partial charge in [0.1, 0.15) is 5.60 Å². The van der Waals surface area contributed by atoms with Crippen LogP contribution < -0.4 is 0 Å². The van der Waals surface area contributed by atoms with Crippen LogP contribution in [-0.2, 0) is 4.74 Å². The molecule has 5 nitrogen and oxygen atoms in total.